The van der Waals surface area contributed by atoms with Crippen molar-refractivity contribution in [2.24, 2.45) is 5.92 Å². The van der Waals surface area contributed by atoms with Crippen LogP contribution in [0.25, 0.3) is 0 Å². The Morgan fingerprint density at radius 1 is 0.892 bits per heavy atom. The second kappa shape index (κ2) is 13.5. The molecule has 0 aliphatic rings. The van der Waals surface area contributed by atoms with E-state index < -0.39 is 6.04 Å². The number of benzene rings is 3. The lowest BCUT2D eigenvalue weighted by atomic mass is 10.0. The molecule has 3 aromatic rings. The molecule has 37 heavy (non-hydrogen) atoms. The van der Waals surface area contributed by atoms with Crippen molar-refractivity contribution in [3.8, 4) is 5.75 Å². The van der Waals surface area contributed by atoms with E-state index in [1.54, 1.807) is 17.0 Å². The van der Waals surface area contributed by atoms with Gasteiger partial charge in [0, 0.05) is 19.5 Å². The highest BCUT2D eigenvalue weighted by atomic mass is 35.5. The summed E-state index contributed by atoms with van der Waals surface area (Å²) >= 11 is 12.4. The third kappa shape index (κ3) is 8.51. The molecule has 0 unspecified atom stereocenters. The number of carbonyl (C=O) groups excluding carboxylic acids is 2. The van der Waals surface area contributed by atoms with Gasteiger partial charge in [-0.25, -0.2) is 0 Å². The average Bonchev–Trinajstić information content (AvgIpc) is 2.87. The molecule has 2 amide bonds. The van der Waals surface area contributed by atoms with Crippen molar-refractivity contribution in [1.29, 1.82) is 0 Å². The molecule has 1 N–H and O–H groups in total. The third-order valence-electron chi connectivity index (χ3n) is 6.13. The highest BCUT2D eigenvalue weighted by Gasteiger charge is 2.31. The Morgan fingerprint density at radius 3 is 2.27 bits per heavy atom. The molecule has 0 aliphatic carbocycles. The summed E-state index contributed by atoms with van der Waals surface area (Å²) in [6.45, 7) is 8.57. The summed E-state index contributed by atoms with van der Waals surface area (Å²) in [6, 6.07) is 19.9. The van der Waals surface area contributed by atoms with Crippen LogP contribution in [-0.2, 0) is 22.6 Å². The molecule has 0 aliphatic heterocycles. The number of halogens is 2. The van der Waals surface area contributed by atoms with Crippen molar-refractivity contribution >= 4 is 35.0 Å². The average molecular weight is 542 g/mol. The zero-order valence-electron chi connectivity index (χ0n) is 21.8. The van der Waals surface area contributed by atoms with Gasteiger partial charge in [0.1, 0.15) is 11.8 Å². The van der Waals surface area contributed by atoms with Gasteiger partial charge in [0.05, 0.1) is 10.0 Å². The summed E-state index contributed by atoms with van der Waals surface area (Å²) in [5, 5.41) is 3.83. The quantitative estimate of drug-likeness (QED) is 0.306. The van der Waals surface area contributed by atoms with Gasteiger partial charge in [-0.1, -0.05) is 79.5 Å². The number of amides is 2. The molecule has 196 valence electrons. The SMILES string of the molecule is Cc1ccc(OCC(=O)N(Cc2ccc(Cl)c(Cl)c2)[C@@H](Cc2ccccc2)C(=O)NCC(C)C)cc1C. The van der Waals surface area contributed by atoms with Gasteiger partial charge in [-0.15, -0.1) is 0 Å². The summed E-state index contributed by atoms with van der Waals surface area (Å²) in [5.41, 5.74) is 3.94. The van der Waals surface area contributed by atoms with Crippen molar-refractivity contribution < 1.29 is 14.3 Å². The Morgan fingerprint density at radius 2 is 1.62 bits per heavy atom. The van der Waals surface area contributed by atoms with Crippen molar-refractivity contribution in [2.75, 3.05) is 13.2 Å². The van der Waals surface area contributed by atoms with E-state index in [2.05, 4.69) is 5.32 Å². The van der Waals surface area contributed by atoms with Gasteiger partial charge < -0.3 is 15.0 Å². The van der Waals surface area contributed by atoms with Crippen molar-refractivity contribution in [1.82, 2.24) is 10.2 Å². The smallest absolute Gasteiger partial charge is 0.261 e. The molecular weight excluding hydrogens is 507 g/mol. The van der Waals surface area contributed by atoms with E-state index in [9.17, 15) is 9.59 Å². The summed E-state index contributed by atoms with van der Waals surface area (Å²) in [5.74, 6) is 0.366. The first kappa shape index (κ1) is 28.5. The predicted octanol–water partition coefficient (Wildman–Crippen LogP) is 6.40. The molecule has 0 saturated heterocycles. The maximum absolute atomic E-state index is 13.7. The van der Waals surface area contributed by atoms with Crippen molar-refractivity contribution in [3.63, 3.8) is 0 Å². The molecule has 0 heterocycles. The van der Waals surface area contributed by atoms with Gasteiger partial charge in [-0.05, 0) is 66.3 Å². The van der Waals surface area contributed by atoms with Crippen LogP contribution in [0.15, 0.2) is 66.7 Å². The van der Waals surface area contributed by atoms with E-state index in [0.29, 0.717) is 28.8 Å². The Bertz CT molecular complexity index is 1210. The van der Waals surface area contributed by atoms with Crippen molar-refractivity contribution in [3.05, 3.63) is 99.0 Å². The molecule has 0 aromatic heterocycles. The van der Waals surface area contributed by atoms with Gasteiger partial charge in [-0.3, -0.25) is 9.59 Å². The number of nitrogens with one attached hydrogen (secondary N) is 1. The highest BCUT2D eigenvalue weighted by Crippen LogP contribution is 2.24. The lowest BCUT2D eigenvalue weighted by molar-refractivity contribution is -0.142. The molecule has 0 fully saturated rings. The van der Waals surface area contributed by atoms with Crippen LogP contribution >= 0.6 is 23.2 Å². The fraction of sp³-hybridized carbons (Fsp3) is 0.333. The number of carbonyl (C=O) groups is 2. The van der Waals surface area contributed by atoms with Gasteiger partial charge in [0.15, 0.2) is 6.61 Å². The number of hydrogen-bond acceptors (Lipinski definition) is 3. The summed E-state index contributed by atoms with van der Waals surface area (Å²) < 4.78 is 5.87. The third-order valence-corrected chi connectivity index (χ3v) is 6.87. The first-order valence-electron chi connectivity index (χ1n) is 12.4. The van der Waals surface area contributed by atoms with Crippen LogP contribution in [-0.4, -0.2) is 35.9 Å². The maximum Gasteiger partial charge on any atom is 0.261 e. The minimum atomic E-state index is -0.744. The van der Waals surface area contributed by atoms with Crippen LogP contribution in [0.3, 0.4) is 0 Å². The standard InChI is InChI=1S/C30H34Cl2N2O3/c1-20(2)17-33-30(36)28(16-23-8-6-5-7-9-23)34(18-24-11-13-26(31)27(32)15-24)29(35)19-37-25-12-10-21(3)22(4)14-25/h5-15,20,28H,16-19H2,1-4H3,(H,33,36)/t28-/m0/s1. The molecule has 5 nitrogen and oxygen atoms in total. The van der Waals surface area contributed by atoms with Gasteiger partial charge in [-0.2, -0.15) is 0 Å². The van der Waals surface area contributed by atoms with E-state index in [1.807, 2.05) is 82.3 Å². The van der Waals surface area contributed by atoms with Crippen LogP contribution in [0.5, 0.6) is 5.75 Å². The zero-order valence-corrected chi connectivity index (χ0v) is 23.3. The minimum Gasteiger partial charge on any atom is -0.484 e. The lowest BCUT2D eigenvalue weighted by Crippen LogP contribution is -2.52. The Kier molecular flexibility index (Phi) is 10.4. The lowest BCUT2D eigenvalue weighted by Gasteiger charge is -2.32. The zero-order chi connectivity index (χ0) is 26.9. The van der Waals surface area contributed by atoms with E-state index in [-0.39, 0.29) is 30.9 Å². The molecule has 1 atom stereocenters. The van der Waals surface area contributed by atoms with Crippen LogP contribution in [0.4, 0.5) is 0 Å². The molecule has 0 bridgehead atoms. The number of rotatable bonds is 11. The fourth-order valence-corrected chi connectivity index (χ4v) is 4.16. The van der Waals surface area contributed by atoms with Gasteiger partial charge >= 0.3 is 0 Å². The van der Waals surface area contributed by atoms with E-state index >= 15 is 0 Å². The van der Waals surface area contributed by atoms with Gasteiger partial charge in [0.2, 0.25) is 5.91 Å². The molecule has 0 radical (unpaired) electrons. The van der Waals surface area contributed by atoms with Crippen LogP contribution in [0.2, 0.25) is 10.0 Å². The molecule has 0 saturated carbocycles. The molecule has 3 aromatic carbocycles. The number of ether oxygens (including phenoxy) is 1. The van der Waals surface area contributed by atoms with Crippen molar-refractivity contribution in [2.45, 2.75) is 46.7 Å². The van der Waals surface area contributed by atoms with E-state index in [4.69, 9.17) is 27.9 Å². The minimum absolute atomic E-state index is 0.179. The second-order valence-electron chi connectivity index (χ2n) is 9.65. The topological polar surface area (TPSA) is 58.6 Å². The summed E-state index contributed by atoms with van der Waals surface area (Å²) in [4.78, 5) is 28.7. The van der Waals surface area contributed by atoms with Crippen LogP contribution < -0.4 is 10.1 Å². The van der Waals surface area contributed by atoms with E-state index in [1.165, 1.54) is 0 Å². The van der Waals surface area contributed by atoms with Gasteiger partial charge in [0.25, 0.3) is 5.91 Å². The number of aryl methyl sites for hydroxylation is 2. The largest absolute Gasteiger partial charge is 0.484 e. The van der Waals surface area contributed by atoms with Crippen LogP contribution in [0, 0.1) is 19.8 Å². The summed E-state index contributed by atoms with van der Waals surface area (Å²) in [6.07, 6.45) is 0.363. The Hall–Kier alpha value is -3.02. The normalized spacial score (nSPS) is 11.8. The molecule has 3 rings (SSSR count). The Labute approximate surface area is 229 Å². The first-order valence-corrected chi connectivity index (χ1v) is 13.1. The highest BCUT2D eigenvalue weighted by molar-refractivity contribution is 6.42. The second-order valence-corrected chi connectivity index (χ2v) is 10.5. The molecular formula is C30H34Cl2N2O3. The maximum atomic E-state index is 13.7. The molecule has 7 heteroatoms. The number of hydrogen-bond donors (Lipinski definition) is 1. The monoisotopic (exact) mass is 540 g/mol. The number of nitrogens with zero attached hydrogens (tertiary/aromatic N) is 1. The van der Waals surface area contributed by atoms with E-state index in [0.717, 1.165) is 22.3 Å². The summed E-state index contributed by atoms with van der Waals surface area (Å²) in [7, 11) is 0. The fourth-order valence-electron chi connectivity index (χ4n) is 3.84. The predicted molar refractivity (Wildman–Crippen MR) is 150 cm³/mol. The molecule has 0 spiro atoms. The Balaban J connectivity index is 1.92. The van der Waals surface area contributed by atoms with Crippen LogP contribution in [0.1, 0.15) is 36.1 Å². The first-order chi connectivity index (χ1) is 17.6.